The van der Waals surface area contributed by atoms with Crippen LogP contribution in [0.15, 0.2) is 48.5 Å². The van der Waals surface area contributed by atoms with Crippen LogP contribution in [0, 0.1) is 5.82 Å². The monoisotopic (exact) mass is 272 g/mol. The Hall–Kier alpha value is -2.36. The fourth-order valence-corrected chi connectivity index (χ4v) is 1.97. The van der Waals surface area contributed by atoms with E-state index in [2.05, 4.69) is 5.32 Å². The first-order chi connectivity index (χ1) is 9.54. The van der Waals surface area contributed by atoms with Crippen LogP contribution >= 0.6 is 0 Å². The summed E-state index contributed by atoms with van der Waals surface area (Å²) in [4.78, 5) is 12.0. The molecule has 0 heterocycles. The van der Waals surface area contributed by atoms with Crippen LogP contribution in [0.2, 0.25) is 0 Å². The summed E-state index contributed by atoms with van der Waals surface area (Å²) in [7, 11) is 0. The molecule has 0 aromatic heterocycles. The number of hydrogen-bond acceptors (Lipinski definition) is 2. The lowest BCUT2D eigenvalue weighted by atomic mass is 10.1. The molecule has 0 aliphatic carbocycles. The number of benzene rings is 2. The van der Waals surface area contributed by atoms with Gasteiger partial charge in [-0.25, -0.2) is 4.39 Å². The van der Waals surface area contributed by atoms with Gasteiger partial charge in [-0.1, -0.05) is 12.1 Å². The molecule has 0 spiro atoms. The topological polar surface area (TPSA) is 55.1 Å². The number of rotatable bonds is 4. The average molecular weight is 272 g/mol. The quantitative estimate of drug-likeness (QED) is 0.841. The predicted octanol–water partition coefficient (Wildman–Crippen LogP) is 2.77. The van der Waals surface area contributed by atoms with Crippen molar-refractivity contribution in [3.8, 4) is 0 Å². The first-order valence-corrected chi connectivity index (χ1v) is 6.45. The lowest BCUT2D eigenvalue weighted by Crippen LogP contribution is -2.34. The van der Waals surface area contributed by atoms with Crippen molar-refractivity contribution in [3.05, 3.63) is 65.5 Å². The van der Waals surface area contributed by atoms with Crippen LogP contribution in [0.25, 0.3) is 0 Å². The Morgan fingerprint density at radius 2 is 1.75 bits per heavy atom. The second-order valence-electron chi connectivity index (χ2n) is 4.83. The Morgan fingerprint density at radius 3 is 2.35 bits per heavy atom. The molecule has 20 heavy (non-hydrogen) atoms. The molecule has 1 unspecified atom stereocenters. The maximum atomic E-state index is 12.8. The maximum Gasteiger partial charge on any atom is 0.251 e. The molecular formula is C16H17FN2O. The summed E-state index contributed by atoms with van der Waals surface area (Å²) in [6.07, 6.45) is 0.654. The van der Waals surface area contributed by atoms with Gasteiger partial charge in [0.25, 0.3) is 5.91 Å². The summed E-state index contributed by atoms with van der Waals surface area (Å²) in [6, 6.07) is 13.0. The van der Waals surface area contributed by atoms with E-state index in [9.17, 15) is 9.18 Å². The fraction of sp³-hybridized carbons (Fsp3) is 0.188. The van der Waals surface area contributed by atoms with Gasteiger partial charge in [-0.05, 0) is 55.3 Å². The molecule has 3 nitrogen and oxygen atoms in total. The largest absolute Gasteiger partial charge is 0.399 e. The molecule has 0 fully saturated rings. The SMILES string of the molecule is CC(Cc1ccc(F)cc1)NC(=O)c1ccc(N)cc1. The van der Waals surface area contributed by atoms with Gasteiger partial charge in [0.05, 0.1) is 0 Å². The number of halogens is 1. The highest BCUT2D eigenvalue weighted by molar-refractivity contribution is 5.94. The van der Waals surface area contributed by atoms with Crippen molar-refractivity contribution >= 4 is 11.6 Å². The first kappa shape index (κ1) is 14.1. The van der Waals surface area contributed by atoms with Crippen LogP contribution < -0.4 is 11.1 Å². The van der Waals surface area contributed by atoms with Gasteiger partial charge >= 0.3 is 0 Å². The molecular weight excluding hydrogens is 255 g/mol. The summed E-state index contributed by atoms with van der Waals surface area (Å²) in [5, 5.41) is 2.91. The summed E-state index contributed by atoms with van der Waals surface area (Å²) in [6.45, 7) is 1.92. The fourth-order valence-electron chi connectivity index (χ4n) is 1.97. The van der Waals surface area contributed by atoms with E-state index >= 15 is 0 Å². The van der Waals surface area contributed by atoms with Crippen molar-refractivity contribution in [1.82, 2.24) is 5.32 Å². The zero-order valence-electron chi connectivity index (χ0n) is 11.3. The van der Waals surface area contributed by atoms with Crippen LogP contribution in [-0.2, 0) is 6.42 Å². The van der Waals surface area contributed by atoms with Crippen LogP contribution in [0.5, 0.6) is 0 Å². The van der Waals surface area contributed by atoms with Gasteiger partial charge in [-0.2, -0.15) is 0 Å². The molecule has 4 heteroatoms. The Bertz CT molecular complexity index is 578. The van der Waals surface area contributed by atoms with Crippen LogP contribution in [0.4, 0.5) is 10.1 Å². The average Bonchev–Trinajstić information content (AvgIpc) is 2.42. The summed E-state index contributed by atoms with van der Waals surface area (Å²) < 4.78 is 12.8. The van der Waals surface area contributed by atoms with Crippen LogP contribution in [0.3, 0.4) is 0 Å². The van der Waals surface area contributed by atoms with Gasteiger partial charge in [0.1, 0.15) is 5.82 Å². The molecule has 0 radical (unpaired) electrons. The van der Waals surface area contributed by atoms with Crippen molar-refractivity contribution in [2.45, 2.75) is 19.4 Å². The van der Waals surface area contributed by atoms with Gasteiger partial charge in [0.15, 0.2) is 0 Å². The van der Waals surface area contributed by atoms with E-state index in [0.29, 0.717) is 17.7 Å². The number of hydrogen-bond donors (Lipinski definition) is 2. The van der Waals surface area contributed by atoms with Crippen molar-refractivity contribution < 1.29 is 9.18 Å². The van der Waals surface area contributed by atoms with Crippen molar-refractivity contribution in [3.63, 3.8) is 0 Å². The molecule has 0 saturated heterocycles. The van der Waals surface area contributed by atoms with E-state index in [1.807, 2.05) is 6.92 Å². The summed E-state index contributed by atoms with van der Waals surface area (Å²) >= 11 is 0. The number of nitrogen functional groups attached to an aromatic ring is 1. The zero-order valence-corrected chi connectivity index (χ0v) is 11.3. The highest BCUT2D eigenvalue weighted by Crippen LogP contribution is 2.08. The molecule has 1 amide bonds. The second-order valence-corrected chi connectivity index (χ2v) is 4.83. The number of nitrogens with one attached hydrogen (secondary N) is 1. The molecule has 1 atom stereocenters. The van der Waals surface area contributed by atoms with Gasteiger partial charge in [0.2, 0.25) is 0 Å². The third-order valence-corrected chi connectivity index (χ3v) is 3.01. The van der Waals surface area contributed by atoms with E-state index in [0.717, 1.165) is 5.56 Å². The smallest absolute Gasteiger partial charge is 0.251 e. The van der Waals surface area contributed by atoms with E-state index in [1.165, 1.54) is 12.1 Å². The highest BCUT2D eigenvalue weighted by Gasteiger charge is 2.10. The minimum Gasteiger partial charge on any atom is -0.399 e. The van der Waals surface area contributed by atoms with Gasteiger partial charge in [-0.15, -0.1) is 0 Å². The molecule has 3 N–H and O–H groups in total. The van der Waals surface area contributed by atoms with Gasteiger partial charge in [-0.3, -0.25) is 4.79 Å². The highest BCUT2D eigenvalue weighted by atomic mass is 19.1. The minimum atomic E-state index is -0.257. The molecule has 0 saturated carbocycles. The molecule has 2 aromatic rings. The molecule has 104 valence electrons. The standard InChI is InChI=1S/C16H17FN2O/c1-11(10-12-2-6-14(17)7-3-12)19-16(20)13-4-8-15(18)9-5-13/h2-9,11H,10,18H2,1H3,(H,19,20). The molecule has 2 rings (SSSR count). The Kier molecular flexibility index (Phi) is 4.35. The van der Waals surface area contributed by atoms with Crippen LogP contribution in [0.1, 0.15) is 22.8 Å². The van der Waals surface area contributed by atoms with E-state index in [1.54, 1.807) is 36.4 Å². The summed E-state index contributed by atoms with van der Waals surface area (Å²) in [5.74, 6) is -0.396. The maximum absolute atomic E-state index is 12.8. The Morgan fingerprint density at radius 1 is 1.15 bits per heavy atom. The third-order valence-electron chi connectivity index (χ3n) is 3.01. The zero-order chi connectivity index (χ0) is 14.5. The van der Waals surface area contributed by atoms with E-state index in [-0.39, 0.29) is 17.8 Å². The summed E-state index contributed by atoms with van der Waals surface area (Å²) in [5.41, 5.74) is 7.76. The predicted molar refractivity (Wildman–Crippen MR) is 77.9 cm³/mol. The second kappa shape index (κ2) is 6.19. The van der Waals surface area contributed by atoms with E-state index in [4.69, 9.17) is 5.73 Å². The van der Waals surface area contributed by atoms with Crippen molar-refractivity contribution in [2.24, 2.45) is 0 Å². The Balaban J connectivity index is 1.93. The Labute approximate surface area is 117 Å². The van der Waals surface area contributed by atoms with Gasteiger partial charge < -0.3 is 11.1 Å². The molecule has 0 bridgehead atoms. The number of amides is 1. The minimum absolute atomic E-state index is 0.0366. The number of carbonyl (C=O) groups is 1. The lowest BCUT2D eigenvalue weighted by molar-refractivity contribution is 0.0940. The number of carbonyl (C=O) groups excluding carboxylic acids is 1. The number of anilines is 1. The molecule has 0 aliphatic rings. The van der Waals surface area contributed by atoms with Crippen molar-refractivity contribution in [2.75, 3.05) is 5.73 Å². The van der Waals surface area contributed by atoms with Crippen LogP contribution in [-0.4, -0.2) is 11.9 Å². The normalized spacial score (nSPS) is 11.9. The molecule has 2 aromatic carbocycles. The molecule has 0 aliphatic heterocycles. The van der Waals surface area contributed by atoms with E-state index < -0.39 is 0 Å². The third kappa shape index (κ3) is 3.82. The van der Waals surface area contributed by atoms with Crippen molar-refractivity contribution in [1.29, 1.82) is 0 Å². The lowest BCUT2D eigenvalue weighted by Gasteiger charge is -2.14. The number of nitrogens with two attached hydrogens (primary N) is 1. The van der Waals surface area contributed by atoms with Gasteiger partial charge in [0, 0.05) is 17.3 Å². The first-order valence-electron chi connectivity index (χ1n) is 6.45.